The Morgan fingerprint density at radius 1 is 1.42 bits per heavy atom. The second kappa shape index (κ2) is 5.09. The van der Waals surface area contributed by atoms with E-state index in [0.29, 0.717) is 37.6 Å². The summed E-state index contributed by atoms with van der Waals surface area (Å²) in [6, 6.07) is 5.65. The molecule has 0 aliphatic carbocycles. The lowest BCUT2D eigenvalue weighted by molar-refractivity contribution is -0.0125. The molecule has 1 amide bonds. The van der Waals surface area contributed by atoms with Gasteiger partial charge in [0.2, 0.25) is 0 Å². The largest absolute Gasteiger partial charge is 0.489 e. The summed E-state index contributed by atoms with van der Waals surface area (Å²) in [5.41, 5.74) is 1.54. The van der Waals surface area contributed by atoms with Gasteiger partial charge in [-0.25, -0.2) is 0 Å². The van der Waals surface area contributed by atoms with E-state index in [9.17, 15) is 4.79 Å². The van der Waals surface area contributed by atoms with E-state index < -0.39 is 0 Å². The Bertz CT molecular complexity index is 490. The molecule has 3 rings (SSSR count). The molecule has 5 nitrogen and oxygen atoms in total. The molecule has 102 valence electrons. The van der Waals surface area contributed by atoms with Crippen LogP contribution in [-0.2, 0) is 4.74 Å². The fourth-order valence-corrected chi connectivity index (χ4v) is 2.51. The highest BCUT2D eigenvalue weighted by atomic mass is 16.5. The lowest BCUT2D eigenvalue weighted by Crippen LogP contribution is -2.44. The van der Waals surface area contributed by atoms with E-state index >= 15 is 0 Å². The summed E-state index contributed by atoms with van der Waals surface area (Å²) in [6.45, 7) is 5.23. The maximum atomic E-state index is 12.6. The zero-order chi connectivity index (χ0) is 13.2. The average Bonchev–Trinajstić information content (AvgIpc) is 2.46. The smallest absolute Gasteiger partial charge is 0.257 e. The number of para-hydroxylation sites is 1. The molecule has 1 N–H and O–H groups in total. The quantitative estimate of drug-likeness (QED) is 0.830. The SMILES string of the molecule is CC1CN(C(=O)c2cccc3c2OCCN3)CCO1. The highest BCUT2D eigenvalue weighted by molar-refractivity contribution is 5.99. The Kier molecular flexibility index (Phi) is 3.29. The second-order valence-electron chi connectivity index (χ2n) is 4.89. The molecule has 1 aromatic carbocycles. The molecule has 0 bridgehead atoms. The molecule has 0 spiro atoms. The van der Waals surface area contributed by atoms with E-state index in [1.165, 1.54) is 0 Å². The Morgan fingerprint density at radius 3 is 3.16 bits per heavy atom. The summed E-state index contributed by atoms with van der Waals surface area (Å²) in [4.78, 5) is 14.4. The van der Waals surface area contributed by atoms with E-state index in [1.807, 2.05) is 30.0 Å². The number of carbonyl (C=O) groups is 1. The predicted octanol–water partition coefficient (Wildman–Crippen LogP) is 1.35. The molecule has 0 saturated carbocycles. The van der Waals surface area contributed by atoms with Crippen LogP contribution in [0.3, 0.4) is 0 Å². The molecule has 1 atom stereocenters. The molecule has 5 heteroatoms. The number of nitrogens with one attached hydrogen (secondary N) is 1. The van der Waals surface area contributed by atoms with Crippen molar-refractivity contribution in [3.8, 4) is 5.75 Å². The van der Waals surface area contributed by atoms with E-state index in [-0.39, 0.29) is 12.0 Å². The number of amides is 1. The first-order chi connectivity index (χ1) is 9.25. The molecular formula is C14H18N2O3. The molecule has 0 radical (unpaired) electrons. The van der Waals surface area contributed by atoms with Gasteiger partial charge in [-0.05, 0) is 19.1 Å². The number of hydrogen-bond donors (Lipinski definition) is 1. The van der Waals surface area contributed by atoms with Crippen LogP contribution in [0, 0.1) is 0 Å². The van der Waals surface area contributed by atoms with Crippen LogP contribution in [-0.4, -0.2) is 49.8 Å². The minimum absolute atomic E-state index is 0.0238. The highest BCUT2D eigenvalue weighted by Gasteiger charge is 2.26. The molecule has 2 aliphatic heterocycles. The topological polar surface area (TPSA) is 50.8 Å². The summed E-state index contributed by atoms with van der Waals surface area (Å²) in [5, 5.41) is 3.25. The van der Waals surface area contributed by atoms with E-state index in [1.54, 1.807) is 0 Å². The number of anilines is 1. The molecule has 1 unspecified atom stereocenters. The van der Waals surface area contributed by atoms with Crippen LogP contribution in [0.4, 0.5) is 5.69 Å². The lowest BCUT2D eigenvalue weighted by Gasteiger charge is -2.32. The summed E-state index contributed by atoms with van der Waals surface area (Å²) in [6.07, 6.45) is 0.0938. The molecule has 2 aliphatic rings. The highest BCUT2D eigenvalue weighted by Crippen LogP contribution is 2.32. The van der Waals surface area contributed by atoms with Gasteiger partial charge in [0.25, 0.3) is 5.91 Å². The van der Waals surface area contributed by atoms with Gasteiger partial charge >= 0.3 is 0 Å². The van der Waals surface area contributed by atoms with Crippen LogP contribution < -0.4 is 10.1 Å². The Labute approximate surface area is 112 Å². The maximum Gasteiger partial charge on any atom is 0.257 e. The van der Waals surface area contributed by atoms with Gasteiger partial charge in [0.1, 0.15) is 6.61 Å². The molecule has 19 heavy (non-hydrogen) atoms. The summed E-state index contributed by atoms with van der Waals surface area (Å²) < 4.78 is 11.1. The molecule has 1 aromatic rings. The van der Waals surface area contributed by atoms with Gasteiger partial charge in [0, 0.05) is 19.6 Å². The van der Waals surface area contributed by atoms with Gasteiger partial charge in [0.05, 0.1) is 24.0 Å². The maximum absolute atomic E-state index is 12.6. The number of morpholine rings is 1. The molecule has 2 heterocycles. The van der Waals surface area contributed by atoms with Crippen LogP contribution in [0.1, 0.15) is 17.3 Å². The van der Waals surface area contributed by atoms with Crippen LogP contribution in [0.15, 0.2) is 18.2 Å². The number of ether oxygens (including phenoxy) is 2. The standard InChI is InChI=1S/C14H18N2O3/c1-10-9-16(6-8-18-10)14(17)11-3-2-4-12-13(11)19-7-5-15-12/h2-4,10,15H,5-9H2,1H3. The van der Waals surface area contributed by atoms with Crippen molar-refractivity contribution in [3.05, 3.63) is 23.8 Å². The van der Waals surface area contributed by atoms with Crippen molar-refractivity contribution in [2.24, 2.45) is 0 Å². The fourth-order valence-electron chi connectivity index (χ4n) is 2.51. The third kappa shape index (κ3) is 2.38. The third-order valence-corrected chi connectivity index (χ3v) is 3.44. The zero-order valence-electron chi connectivity index (χ0n) is 11.0. The second-order valence-corrected chi connectivity index (χ2v) is 4.89. The van der Waals surface area contributed by atoms with E-state index in [2.05, 4.69) is 5.32 Å². The predicted molar refractivity (Wildman–Crippen MR) is 71.7 cm³/mol. The van der Waals surface area contributed by atoms with Crippen LogP contribution >= 0.6 is 0 Å². The molecular weight excluding hydrogens is 244 g/mol. The van der Waals surface area contributed by atoms with E-state index in [0.717, 1.165) is 12.2 Å². The first kappa shape index (κ1) is 12.3. The van der Waals surface area contributed by atoms with Gasteiger partial charge in [-0.3, -0.25) is 4.79 Å². The van der Waals surface area contributed by atoms with Crippen LogP contribution in [0.2, 0.25) is 0 Å². The fraction of sp³-hybridized carbons (Fsp3) is 0.500. The Hall–Kier alpha value is -1.75. The van der Waals surface area contributed by atoms with Gasteiger partial charge in [0.15, 0.2) is 5.75 Å². The minimum atomic E-state index is 0.0238. The lowest BCUT2D eigenvalue weighted by atomic mass is 10.1. The summed E-state index contributed by atoms with van der Waals surface area (Å²) >= 11 is 0. The van der Waals surface area contributed by atoms with Crippen molar-refractivity contribution in [1.29, 1.82) is 0 Å². The van der Waals surface area contributed by atoms with Crippen molar-refractivity contribution in [2.45, 2.75) is 13.0 Å². The van der Waals surface area contributed by atoms with Gasteiger partial charge < -0.3 is 19.7 Å². The molecule has 1 saturated heterocycles. The number of nitrogens with zero attached hydrogens (tertiary/aromatic N) is 1. The first-order valence-corrected chi connectivity index (χ1v) is 6.66. The monoisotopic (exact) mass is 262 g/mol. The van der Waals surface area contributed by atoms with Crippen LogP contribution in [0.5, 0.6) is 5.75 Å². The summed E-state index contributed by atoms with van der Waals surface area (Å²) in [5.74, 6) is 0.702. The van der Waals surface area contributed by atoms with Crippen LogP contribution in [0.25, 0.3) is 0 Å². The average molecular weight is 262 g/mol. The minimum Gasteiger partial charge on any atom is -0.489 e. The van der Waals surface area contributed by atoms with Crippen molar-refractivity contribution in [1.82, 2.24) is 4.90 Å². The summed E-state index contributed by atoms with van der Waals surface area (Å²) in [7, 11) is 0. The number of rotatable bonds is 1. The Morgan fingerprint density at radius 2 is 2.32 bits per heavy atom. The van der Waals surface area contributed by atoms with Crippen molar-refractivity contribution < 1.29 is 14.3 Å². The van der Waals surface area contributed by atoms with Gasteiger partial charge in [-0.15, -0.1) is 0 Å². The number of hydrogen-bond acceptors (Lipinski definition) is 4. The van der Waals surface area contributed by atoms with Gasteiger partial charge in [-0.2, -0.15) is 0 Å². The number of benzene rings is 1. The first-order valence-electron chi connectivity index (χ1n) is 6.66. The normalized spacial score (nSPS) is 22.2. The molecule has 0 aromatic heterocycles. The van der Waals surface area contributed by atoms with Crippen molar-refractivity contribution in [2.75, 3.05) is 38.2 Å². The van der Waals surface area contributed by atoms with Crippen molar-refractivity contribution >= 4 is 11.6 Å². The number of carbonyl (C=O) groups excluding carboxylic acids is 1. The third-order valence-electron chi connectivity index (χ3n) is 3.44. The number of fused-ring (bicyclic) bond motifs is 1. The Balaban J connectivity index is 1.87. The van der Waals surface area contributed by atoms with E-state index in [4.69, 9.17) is 9.47 Å². The molecule has 1 fully saturated rings. The zero-order valence-corrected chi connectivity index (χ0v) is 11.0. The van der Waals surface area contributed by atoms with Gasteiger partial charge in [-0.1, -0.05) is 6.07 Å². The van der Waals surface area contributed by atoms with Crippen molar-refractivity contribution in [3.63, 3.8) is 0 Å².